The first-order chi connectivity index (χ1) is 12.5. The Kier molecular flexibility index (Phi) is 4.63. The molecule has 2 aromatic rings. The average molecular weight is 357 g/mol. The maximum atomic E-state index is 11.4. The topological polar surface area (TPSA) is 136 Å². The van der Waals surface area contributed by atoms with Gasteiger partial charge in [-0.25, -0.2) is 9.50 Å². The maximum absolute atomic E-state index is 11.4. The Morgan fingerprint density at radius 1 is 1.65 bits per heavy atom. The first kappa shape index (κ1) is 17.8. The molecule has 9 heteroatoms. The molecule has 0 amide bonds. The minimum Gasteiger partial charge on any atom is -0.463 e. The lowest BCUT2D eigenvalue weighted by molar-refractivity contribution is -0.150. The van der Waals surface area contributed by atoms with Crippen LogP contribution < -0.4 is 5.73 Å². The number of nitrogen functional groups attached to an aromatic ring is 1. The molecule has 9 nitrogen and oxygen atoms in total. The lowest BCUT2D eigenvalue weighted by Crippen LogP contribution is -2.34. The highest BCUT2D eigenvalue weighted by molar-refractivity contribution is 5.69. The van der Waals surface area contributed by atoms with E-state index in [4.69, 9.17) is 15.2 Å². The molecule has 3 N–H and O–H groups in total. The van der Waals surface area contributed by atoms with Crippen molar-refractivity contribution in [1.29, 1.82) is 5.26 Å². The van der Waals surface area contributed by atoms with E-state index in [-0.39, 0.29) is 18.8 Å². The number of aromatic nitrogens is 3. The molecule has 1 saturated heterocycles. The predicted molar refractivity (Wildman–Crippen MR) is 90.5 cm³/mol. The zero-order valence-corrected chi connectivity index (χ0v) is 14.2. The smallest absolute Gasteiger partial charge is 0.305 e. The summed E-state index contributed by atoms with van der Waals surface area (Å²) < 4.78 is 12.5. The maximum Gasteiger partial charge on any atom is 0.305 e. The molecular weight excluding hydrogens is 338 g/mol. The molecule has 1 fully saturated rings. The van der Waals surface area contributed by atoms with Gasteiger partial charge in [0.05, 0.1) is 17.7 Å². The fraction of sp³-hybridized carbons (Fsp3) is 0.412. The third-order valence-electron chi connectivity index (χ3n) is 4.54. The van der Waals surface area contributed by atoms with E-state index in [1.54, 1.807) is 19.1 Å². The summed E-state index contributed by atoms with van der Waals surface area (Å²) in [5, 5.41) is 24.7. The van der Waals surface area contributed by atoms with Crippen molar-refractivity contribution in [2.75, 3.05) is 12.3 Å². The van der Waals surface area contributed by atoms with E-state index in [2.05, 4.69) is 22.7 Å². The van der Waals surface area contributed by atoms with Crippen LogP contribution in [-0.2, 0) is 19.9 Å². The van der Waals surface area contributed by atoms with Gasteiger partial charge in [-0.2, -0.15) is 10.4 Å². The molecule has 3 heterocycles. The van der Waals surface area contributed by atoms with Crippen molar-refractivity contribution >= 4 is 17.3 Å². The Labute approximate surface area is 149 Å². The summed E-state index contributed by atoms with van der Waals surface area (Å²) in [5.41, 5.74) is 5.19. The normalized spacial score (nSPS) is 28.0. The summed E-state index contributed by atoms with van der Waals surface area (Å²) in [6.45, 7) is 5.22. The number of aliphatic hydroxyl groups excluding tert-OH is 1. The summed E-state index contributed by atoms with van der Waals surface area (Å²) in [6.07, 6.45) is 0.973. The fourth-order valence-corrected chi connectivity index (χ4v) is 3.20. The summed E-state index contributed by atoms with van der Waals surface area (Å²) >= 11 is 0. The number of hydrogen-bond acceptors (Lipinski definition) is 8. The average Bonchev–Trinajstić information content (AvgIpc) is 3.20. The number of fused-ring (bicyclic) bond motifs is 1. The molecular formula is C17H19N5O4. The lowest BCUT2D eigenvalue weighted by atomic mass is 9.83. The number of esters is 1. The summed E-state index contributed by atoms with van der Waals surface area (Å²) in [7, 11) is 0. The van der Waals surface area contributed by atoms with Crippen molar-refractivity contribution in [3.8, 4) is 6.07 Å². The molecule has 1 aliphatic heterocycles. The van der Waals surface area contributed by atoms with Gasteiger partial charge in [-0.15, -0.1) is 6.58 Å². The molecule has 0 aromatic carbocycles. The van der Waals surface area contributed by atoms with E-state index in [1.165, 1.54) is 16.9 Å². The monoisotopic (exact) mass is 357 g/mol. The van der Waals surface area contributed by atoms with Gasteiger partial charge in [-0.1, -0.05) is 13.0 Å². The minimum absolute atomic E-state index is 0.165. The predicted octanol–water partition coefficient (Wildman–Crippen LogP) is 0.545. The van der Waals surface area contributed by atoms with Gasteiger partial charge in [0, 0.05) is 6.42 Å². The molecule has 2 aromatic heterocycles. The van der Waals surface area contributed by atoms with Crippen LogP contribution in [0.25, 0.3) is 5.52 Å². The lowest BCUT2D eigenvalue weighted by Gasteiger charge is -2.25. The van der Waals surface area contributed by atoms with Crippen LogP contribution in [-0.4, -0.2) is 44.5 Å². The second-order valence-electron chi connectivity index (χ2n) is 5.95. The highest BCUT2D eigenvalue weighted by Gasteiger charge is 2.56. The van der Waals surface area contributed by atoms with Crippen molar-refractivity contribution in [3.05, 3.63) is 36.8 Å². The Hall–Kier alpha value is -2.96. The number of carbonyl (C=O) groups is 1. The molecule has 4 atom stereocenters. The highest BCUT2D eigenvalue weighted by atomic mass is 16.6. The number of anilines is 1. The van der Waals surface area contributed by atoms with Gasteiger partial charge in [-0.05, 0) is 12.1 Å². The standard InChI is InChI=1S/C17H19N5O4/c1-3-10-15(24)12(7-25-14(23)4-2)26-17(10,8-18)13-6-5-11-16(19)20-9-21-22(11)13/h3,5-6,9-10,12,15,24H,1,4,7H2,2H3,(H2,19,20,21)/t10-,12-,15+,17-/m1/s1. The first-order valence-corrected chi connectivity index (χ1v) is 8.12. The molecule has 0 saturated carbocycles. The molecule has 0 bridgehead atoms. The number of rotatable bonds is 5. The van der Waals surface area contributed by atoms with E-state index < -0.39 is 29.7 Å². The zero-order chi connectivity index (χ0) is 18.9. The van der Waals surface area contributed by atoms with Gasteiger partial charge < -0.3 is 20.3 Å². The molecule has 0 aliphatic carbocycles. The highest BCUT2D eigenvalue weighted by Crippen LogP contribution is 2.45. The van der Waals surface area contributed by atoms with E-state index in [1.807, 2.05) is 0 Å². The van der Waals surface area contributed by atoms with Crippen molar-refractivity contribution < 1.29 is 19.4 Å². The van der Waals surface area contributed by atoms with E-state index in [9.17, 15) is 15.2 Å². The van der Waals surface area contributed by atoms with Gasteiger partial charge >= 0.3 is 5.97 Å². The zero-order valence-electron chi connectivity index (χ0n) is 14.2. The molecule has 26 heavy (non-hydrogen) atoms. The Balaban J connectivity index is 2.04. The Morgan fingerprint density at radius 2 is 2.42 bits per heavy atom. The second kappa shape index (κ2) is 6.74. The molecule has 1 aliphatic rings. The third kappa shape index (κ3) is 2.60. The van der Waals surface area contributed by atoms with Crippen LogP contribution in [0, 0.1) is 17.2 Å². The molecule has 0 radical (unpaired) electrons. The Morgan fingerprint density at radius 3 is 3.08 bits per heavy atom. The number of nitrogens with zero attached hydrogens (tertiary/aromatic N) is 4. The van der Waals surface area contributed by atoms with Crippen LogP contribution in [0.15, 0.2) is 31.1 Å². The van der Waals surface area contributed by atoms with Gasteiger partial charge in [0.2, 0.25) is 5.60 Å². The molecule has 0 spiro atoms. The van der Waals surface area contributed by atoms with Crippen LogP contribution in [0.2, 0.25) is 0 Å². The number of hydrogen-bond donors (Lipinski definition) is 2. The Bertz CT molecular complexity index is 889. The van der Waals surface area contributed by atoms with Crippen LogP contribution in [0.5, 0.6) is 0 Å². The van der Waals surface area contributed by atoms with Crippen LogP contribution in [0.3, 0.4) is 0 Å². The van der Waals surface area contributed by atoms with Gasteiger partial charge in [0.1, 0.15) is 30.6 Å². The van der Waals surface area contributed by atoms with Crippen LogP contribution >= 0.6 is 0 Å². The molecule has 3 rings (SSSR count). The summed E-state index contributed by atoms with van der Waals surface area (Å²) in [5.74, 6) is -0.923. The second-order valence-corrected chi connectivity index (χ2v) is 5.95. The molecule has 0 unspecified atom stereocenters. The molecule has 136 valence electrons. The van der Waals surface area contributed by atoms with Crippen molar-refractivity contribution in [3.63, 3.8) is 0 Å². The minimum atomic E-state index is -1.56. The summed E-state index contributed by atoms with van der Waals surface area (Å²) in [4.78, 5) is 15.3. The largest absolute Gasteiger partial charge is 0.463 e. The van der Waals surface area contributed by atoms with E-state index in [0.29, 0.717) is 11.2 Å². The number of nitriles is 1. The number of carbonyl (C=O) groups excluding carboxylic acids is 1. The van der Waals surface area contributed by atoms with Gasteiger partial charge in [-0.3, -0.25) is 4.79 Å². The fourth-order valence-electron chi connectivity index (χ4n) is 3.20. The van der Waals surface area contributed by atoms with Crippen molar-refractivity contribution in [1.82, 2.24) is 14.6 Å². The van der Waals surface area contributed by atoms with Crippen molar-refractivity contribution in [2.45, 2.75) is 31.2 Å². The number of ether oxygens (including phenoxy) is 2. The van der Waals surface area contributed by atoms with Crippen LogP contribution in [0.1, 0.15) is 19.0 Å². The quantitative estimate of drug-likeness (QED) is 0.585. The first-order valence-electron chi connectivity index (χ1n) is 8.12. The SMILES string of the molecule is C=C[C@@H]1[C@H](O)[C@@H](COC(=O)CC)O[C@@]1(C#N)c1ccc2c(N)ncnn12. The third-order valence-corrected chi connectivity index (χ3v) is 4.54. The van der Waals surface area contributed by atoms with E-state index >= 15 is 0 Å². The van der Waals surface area contributed by atoms with Crippen LogP contribution in [0.4, 0.5) is 5.82 Å². The summed E-state index contributed by atoms with van der Waals surface area (Å²) in [6, 6.07) is 5.46. The van der Waals surface area contributed by atoms with Gasteiger partial charge in [0.15, 0.2) is 5.82 Å². The number of nitrogens with two attached hydrogens (primary N) is 1. The van der Waals surface area contributed by atoms with E-state index in [0.717, 1.165) is 0 Å². The number of aliphatic hydroxyl groups is 1. The van der Waals surface area contributed by atoms with Gasteiger partial charge in [0.25, 0.3) is 0 Å². The van der Waals surface area contributed by atoms with Crippen molar-refractivity contribution in [2.24, 2.45) is 5.92 Å².